The van der Waals surface area contributed by atoms with Gasteiger partial charge in [0, 0.05) is 31.9 Å². The predicted molar refractivity (Wildman–Crippen MR) is 87.7 cm³/mol. The van der Waals surface area contributed by atoms with Crippen LogP contribution in [-0.4, -0.2) is 48.4 Å². The number of anilines is 1. The largest absolute Gasteiger partial charge is 0.399 e. The molecule has 5 heteroatoms. The summed E-state index contributed by atoms with van der Waals surface area (Å²) in [7, 11) is 0. The number of nitrogen functional groups attached to an aromatic ring is 1. The topological polar surface area (TPSA) is 49.6 Å². The van der Waals surface area contributed by atoms with Gasteiger partial charge in [0.25, 0.3) is 5.91 Å². The first-order chi connectivity index (χ1) is 9.97. The summed E-state index contributed by atoms with van der Waals surface area (Å²) in [5, 5.41) is 0.469. The lowest BCUT2D eigenvalue weighted by Gasteiger charge is -2.35. The molecule has 1 heterocycles. The first-order valence-corrected chi connectivity index (χ1v) is 7.92. The summed E-state index contributed by atoms with van der Waals surface area (Å²) < 4.78 is 0. The summed E-state index contributed by atoms with van der Waals surface area (Å²) in [4.78, 5) is 16.8. The van der Waals surface area contributed by atoms with Crippen molar-refractivity contribution in [2.24, 2.45) is 5.92 Å². The van der Waals surface area contributed by atoms with Crippen LogP contribution in [0.2, 0.25) is 5.02 Å². The summed E-state index contributed by atoms with van der Waals surface area (Å²) >= 11 is 6.11. The fourth-order valence-corrected chi connectivity index (χ4v) is 2.69. The van der Waals surface area contributed by atoms with Crippen LogP contribution in [0.1, 0.15) is 30.6 Å². The Hall–Kier alpha value is -1.26. The summed E-state index contributed by atoms with van der Waals surface area (Å²) in [6, 6.07) is 5.06. The van der Waals surface area contributed by atoms with Gasteiger partial charge in [-0.2, -0.15) is 0 Å². The van der Waals surface area contributed by atoms with Gasteiger partial charge in [0.15, 0.2) is 0 Å². The van der Waals surface area contributed by atoms with E-state index in [1.807, 2.05) is 4.90 Å². The van der Waals surface area contributed by atoms with Crippen LogP contribution in [-0.2, 0) is 0 Å². The van der Waals surface area contributed by atoms with Crippen LogP contribution in [0.15, 0.2) is 18.2 Å². The molecule has 1 fully saturated rings. The fourth-order valence-electron chi connectivity index (χ4n) is 2.49. The van der Waals surface area contributed by atoms with Gasteiger partial charge in [-0.1, -0.05) is 25.4 Å². The van der Waals surface area contributed by atoms with E-state index in [1.54, 1.807) is 18.2 Å². The Labute approximate surface area is 131 Å². The second-order valence-electron chi connectivity index (χ2n) is 6.06. The van der Waals surface area contributed by atoms with Crippen LogP contribution in [0.3, 0.4) is 0 Å². The molecule has 1 aromatic carbocycles. The molecule has 0 saturated carbocycles. The molecular formula is C16H24ClN3O. The van der Waals surface area contributed by atoms with Crippen molar-refractivity contribution in [2.45, 2.75) is 20.3 Å². The maximum absolute atomic E-state index is 12.5. The van der Waals surface area contributed by atoms with Crippen molar-refractivity contribution in [2.75, 3.05) is 38.5 Å². The minimum absolute atomic E-state index is 0.0178. The van der Waals surface area contributed by atoms with E-state index < -0.39 is 0 Å². The van der Waals surface area contributed by atoms with E-state index in [-0.39, 0.29) is 5.91 Å². The number of halogens is 1. The van der Waals surface area contributed by atoms with Gasteiger partial charge in [-0.25, -0.2) is 0 Å². The number of amides is 1. The molecule has 1 aliphatic rings. The van der Waals surface area contributed by atoms with Crippen LogP contribution >= 0.6 is 11.6 Å². The second kappa shape index (κ2) is 7.14. The van der Waals surface area contributed by atoms with E-state index in [9.17, 15) is 4.79 Å². The molecule has 0 bridgehead atoms. The summed E-state index contributed by atoms with van der Waals surface area (Å²) in [5.41, 5.74) is 6.82. The highest BCUT2D eigenvalue weighted by molar-refractivity contribution is 6.34. The third-order valence-electron chi connectivity index (χ3n) is 3.90. The molecule has 0 aromatic heterocycles. The van der Waals surface area contributed by atoms with Crippen molar-refractivity contribution in [1.29, 1.82) is 0 Å². The van der Waals surface area contributed by atoms with Crippen molar-refractivity contribution in [3.8, 4) is 0 Å². The molecule has 116 valence electrons. The molecule has 1 aromatic rings. The maximum Gasteiger partial charge on any atom is 0.255 e. The van der Waals surface area contributed by atoms with Gasteiger partial charge in [-0.3, -0.25) is 9.69 Å². The number of hydrogen-bond acceptors (Lipinski definition) is 3. The van der Waals surface area contributed by atoms with E-state index in [1.165, 1.54) is 6.42 Å². The average molecular weight is 310 g/mol. The first kappa shape index (κ1) is 16.1. The number of nitrogens with zero attached hydrogens (tertiary/aromatic N) is 2. The third kappa shape index (κ3) is 4.35. The Kier molecular flexibility index (Phi) is 5.48. The zero-order valence-electron chi connectivity index (χ0n) is 12.8. The van der Waals surface area contributed by atoms with Gasteiger partial charge in [-0.15, -0.1) is 0 Å². The van der Waals surface area contributed by atoms with Crippen molar-refractivity contribution in [1.82, 2.24) is 9.80 Å². The lowest BCUT2D eigenvalue weighted by Crippen LogP contribution is -2.49. The Morgan fingerprint density at radius 1 is 1.29 bits per heavy atom. The number of benzene rings is 1. The van der Waals surface area contributed by atoms with Crippen molar-refractivity contribution < 1.29 is 4.79 Å². The van der Waals surface area contributed by atoms with E-state index >= 15 is 0 Å². The molecule has 0 radical (unpaired) electrons. The highest BCUT2D eigenvalue weighted by atomic mass is 35.5. The van der Waals surface area contributed by atoms with Crippen molar-refractivity contribution >= 4 is 23.2 Å². The maximum atomic E-state index is 12.5. The van der Waals surface area contributed by atoms with Crippen LogP contribution in [0.4, 0.5) is 5.69 Å². The van der Waals surface area contributed by atoms with E-state index in [0.29, 0.717) is 16.3 Å². The van der Waals surface area contributed by atoms with Gasteiger partial charge >= 0.3 is 0 Å². The molecule has 0 atom stereocenters. The number of rotatable bonds is 4. The smallest absolute Gasteiger partial charge is 0.255 e. The SMILES string of the molecule is CC(C)CCN1CCN(C(=O)c2cc(N)ccc2Cl)CC1. The Balaban J connectivity index is 1.92. The number of piperazine rings is 1. The predicted octanol–water partition coefficient (Wildman–Crippen LogP) is 2.73. The minimum Gasteiger partial charge on any atom is -0.399 e. The molecule has 1 aliphatic heterocycles. The molecule has 4 nitrogen and oxygen atoms in total. The van der Waals surface area contributed by atoms with Gasteiger partial charge in [0.05, 0.1) is 10.6 Å². The van der Waals surface area contributed by atoms with Gasteiger partial charge in [0.2, 0.25) is 0 Å². The summed E-state index contributed by atoms with van der Waals surface area (Å²) in [6.07, 6.45) is 1.20. The molecule has 0 aliphatic carbocycles. The van der Waals surface area contributed by atoms with Crippen LogP contribution in [0.25, 0.3) is 0 Å². The van der Waals surface area contributed by atoms with E-state index in [2.05, 4.69) is 18.7 Å². The lowest BCUT2D eigenvalue weighted by atomic mass is 10.1. The number of carbonyl (C=O) groups is 1. The number of carbonyl (C=O) groups excluding carboxylic acids is 1. The second-order valence-corrected chi connectivity index (χ2v) is 6.46. The van der Waals surface area contributed by atoms with Gasteiger partial charge < -0.3 is 10.6 Å². The van der Waals surface area contributed by atoms with Gasteiger partial charge in [-0.05, 0) is 37.1 Å². The van der Waals surface area contributed by atoms with Crippen LogP contribution in [0.5, 0.6) is 0 Å². The molecule has 1 amide bonds. The molecule has 1 saturated heterocycles. The zero-order chi connectivity index (χ0) is 15.4. The normalized spacial score (nSPS) is 16.5. The Morgan fingerprint density at radius 2 is 1.95 bits per heavy atom. The van der Waals surface area contributed by atoms with E-state index in [0.717, 1.165) is 38.6 Å². The highest BCUT2D eigenvalue weighted by Gasteiger charge is 2.23. The van der Waals surface area contributed by atoms with Gasteiger partial charge in [0.1, 0.15) is 0 Å². The zero-order valence-corrected chi connectivity index (χ0v) is 13.6. The Bertz CT molecular complexity index is 496. The van der Waals surface area contributed by atoms with Crippen molar-refractivity contribution in [3.05, 3.63) is 28.8 Å². The molecule has 0 unspecified atom stereocenters. The average Bonchev–Trinajstić information content (AvgIpc) is 2.47. The monoisotopic (exact) mass is 309 g/mol. The summed E-state index contributed by atoms with van der Waals surface area (Å²) in [5.74, 6) is 0.701. The molecular weight excluding hydrogens is 286 g/mol. The quantitative estimate of drug-likeness (QED) is 0.870. The van der Waals surface area contributed by atoms with E-state index in [4.69, 9.17) is 17.3 Å². The lowest BCUT2D eigenvalue weighted by molar-refractivity contribution is 0.0632. The number of hydrogen-bond donors (Lipinski definition) is 1. The van der Waals surface area contributed by atoms with Crippen molar-refractivity contribution in [3.63, 3.8) is 0 Å². The minimum atomic E-state index is -0.0178. The molecule has 2 N–H and O–H groups in total. The van der Waals surface area contributed by atoms with Crippen LogP contribution < -0.4 is 5.73 Å². The molecule has 21 heavy (non-hydrogen) atoms. The highest BCUT2D eigenvalue weighted by Crippen LogP contribution is 2.21. The number of nitrogens with two attached hydrogens (primary N) is 1. The van der Waals surface area contributed by atoms with Crippen LogP contribution in [0, 0.1) is 5.92 Å². The standard InChI is InChI=1S/C16H24ClN3O/c1-12(2)5-6-19-7-9-20(10-8-19)16(21)14-11-13(18)3-4-15(14)17/h3-4,11-12H,5-10,18H2,1-2H3. The summed E-state index contributed by atoms with van der Waals surface area (Å²) in [6.45, 7) is 8.95. The Morgan fingerprint density at radius 3 is 2.57 bits per heavy atom. The fraction of sp³-hybridized carbons (Fsp3) is 0.562. The third-order valence-corrected chi connectivity index (χ3v) is 4.23. The molecule has 2 rings (SSSR count). The molecule has 0 spiro atoms. The first-order valence-electron chi connectivity index (χ1n) is 7.54.